The molecule has 0 amide bonds. The Bertz CT molecular complexity index is 485. The Hall–Kier alpha value is -0.910. The van der Waals surface area contributed by atoms with Gasteiger partial charge < -0.3 is 9.64 Å². The molecule has 3 rings (SSSR count). The molecule has 1 aromatic heterocycles. The minimum Gasteiger partial charge on any atom is -0.373 e. The molecule has 0 aromatic carbocycles. The van der Waals surface area contributed by atoms with E-state index in [1.54, 1.807) is 0 Å². The van der Waals surface area contributed by atoms with Crippen LogP contribution in [-0.2, 0) is 18.2 Å². The smallest absolute Gasteiger partial charge is 0.0678 e. The van der Waals surface area contributed by atoms with Gasteiger partial charge in [0.1, 0.15) is 0 Å². The molecule has 2 atom stereocenters. The molecule has 2 fully saturated rings. The van der Waals surface area contributed by atoms with Gasteiger partial charge in [0.2, 0.25) is 0 Å². The maximum Gasteiger partial charge on any atom is 0.0678 e. The Morgan fingerprint density at radius 3 is 2.42 bits per heavy atom. The maximum absolute atomic E-state index is 5.83. The molecule has 1 aromatic rings. The molecular weight excluding hydrogens is 300 g/mol. The number of nitrogens with zero attached hydrogens (tertiary/aromatic N) is 4. The normalized spacial score (nSPS) is 27.6. The van der Waals surface area contributed by atoms with Crippen molar-refractivity contribution in [3.05, 3.63) is 18.0 Å². The summed E-state index contributed by atoms with van der Waals surface area (Å²) in [5.41, 5.74) is 1.34. The SMILES string of the molecule is C[C@H]1CN(CCC2CCN(CCc3ccnn3C)CC2)C[C@H](C)O1. The number of ether oxygens (including phenoxy) is 1. The van der Waals surface area contributed by atoms with Gasteiger partial charge in [-0.1, -0.05) is 0 Å². The molecule has 136 valence electrons. The second kappa shape index (κ2) is 8.45. The van der Waals surface area contributed by atoms with Crippen molar-refractivity contribution in [3.8, 4) is 0 Å². The summed E-state index contributed by atoms with van der Waals surface area (Å²) in [6, 6.07) is 2.14. The van der Waals surface area contributed by atoms with E-state index in [9.17, 15) is 0 Å². The fourth-order valence-electron chi connectivity index (χ4n) is 4.25. The standard InChI is InChI=1S/C19H34N4O/c1-16-14-23(15-17(2)24-16)12-7-18-5-10-22(11-6-18)13-8-19-4-9-20-21(19)3/h4,9,16-18H,5-8,10-15H2,1-3H3/t16-,17-/m0/s1. The molecule has 0 unspecified atom stereocenters. The van der Waals surface area contributed by atoms with Crippen LogP contribution in [0.25, 0.3) is 0 Å². The molecule has 0 aliphatic carbocycles. The average Bonchev–Trinajstić information content (AvgIpc) is 2.96. The molecule has 0 saturated carbocycles. The van der Waals surface area contributed by atoms with Crippen LogP contribution in [-0.4, -0.2) is 71.1 Å². The summed E-state index contributed by atoms with van der Waals surface area (Å²) < 4.78 is 7.83. The van der Waals surface area contributed by atoms with Gasteiger partial charge in [-0.2, -0.15) is 5.10 Å². The minimum atomic E-state index is 0.391. The van der Waals surface area contributed by atoms with Crippen LogP contribution < -0.4 is 0 Å². The fourth-order valence-corrected chi connectivity index (χ4v) is 4.25. The van der Waals surface area contributed by atoms with E-state index in [2.05, 4.69) is 34.8 Å². The van der Waals surface area contributed by atoms with Crippen LogP contribution in [0.5, 0.6) is 0 Å². The van der Waals surface area contributed by atoms with Crippen molar-refractivity contribution in [2.24, 2.45) is 13.0 Å². The molecule has 5 nitrogen and oxygen atoms in total. The average molecular weight is 335 g/mol. The molecule has 2 saturated heterocycles. The first-order chi connectivity index (χ1) is 11.6. The lowest BCUT2D eigenvalue weighted by molar-refractivity contribution is -0.0693. The number of rotatable bonds is 6. The van der Waals surface area contributed by atoms with Crippen molar-refractivity contribution in [2.75, 3.05) is 39.3 Å². The highest BCUT2D eigenvalue weighted by Crippen LogP contribution is 2.22. The first kappa shape index (κ1) is 17.9. The van der Waals surface area contributed by atoms with Crippen LogP contribution in [0.15, 0.2) is 12.3 Å². The molecule has 0 radical (unpaired) electrons. The van der Waals surface area contributed by atoms with Gasteiger partial charge >= 0.3 is 0 Å². The highest BCUT2D eigenvalue weighted by atomic mass is 16.5. The van der Waals surface area contributed by atoms with Crippen molar-refractivity contribution in [1.29, 1.82) is 0 Å². The van der Waals surface area contributed by atoms with Gasteiger partial charge in [0.05, 0.1) is 12.2 Å². The van der Waals surface area contributed by atoms with Crippen molar-refractivity contribution in [1.82, 2.24) is 19.6 Å². The molecule has 2 aliphatic heterocycles. The third-order valence-corrected chi connectivity index (χ3v) is 5.66. The topological polar surface area (TPSA) is 33.5 Å². The number of aryl methyl sites for hydroxylation is 1. The van der Waals surface area contributed by atoms with E-state index in [1.165, 1.54) is 51.1 Å². The van der Waals surface area contributed by atoms with Crippen molar-refractivity contribution >= 4 is 0 Å². The van der Waals surface area contributed by atoms with E-state index in [0.29, 0.717) is 12.2 Å². The summed E-state index contributed by atoms with van der Waals surface area (Å²) in [6.07, 6.45) is 7.88. The highest BCUT2D eigenvalue weighted by Gasteiger charge is 2.24. The Morgan fingerprint density at radius 1 is 1.08 bits per heavy atom. The summed E-state index contributed by atoms with van der Waals surface area (Å²) in [4.78, 5) is 5.23. The first-order valence-electron chi connectivity index (χ1n) is 9.67. The van der Waals surface area contributed by atoms with E-state index in [4.69, 9.17) is 4.74 Å². The van der Waals surface area contributed by atoms with Crippen LogP contribution in [0, 0.1) is 5.92 Å². The number of aromatic nitrogens is 2. The number of hydrogen-bond donors (Lipinski definition) is 0. The Kier molecular flexibility index (Phi) is 6.31. The third kappa shape index (κ3) is 5.04. The zero-order valence-corrected chi connectivity index (χ0v) is 15.7. The minimum absolute atomic E-state index is 0.391. The predicted octanol–water partition coefficient (Wildman–Crippen LogP) is 2.17. The number of morpholine rings is 1. The lowest BCUT2D eigenvalue weighted by atomic mass is 9.93. The van der Waals surface area contributed by atoms with Crippen molar-refractivity contribution in [2.45, 2.75) is 51.7 Å². The van der Waals surface area contributed by atoms with E-state index in [1.807, 2.05) is 17.9 Å². The maximum atomic E-state index is 5.83. The van der Waals surface area contributed by atoms with Gasteiger partial charge in [0.25, 0.3) is 0 Å². The van der Waals surface area contributed by atoms with E-state index in [0.717, 1.165) is 25.4 Å². The largest absolute Gasteiger partial charge is 0.373 e. The predicted molar refractivity (Wildman–Crippen MR) is 97.1 cm³/mol. The monoisotopic (exact) mass is 334 g/mol. The van der Waals surface area contributed by atoms with Crippen LogP contribution in [0.4, 0.5) is 0 Å². The highest BCUT2D eigenvalue weighted by molar-refractivity contribution is 5.00. The first-order valence-corrected chi connectivity index (χ1v) is 9.67. The van der Waals surface area contributed by atoms with E-state index < -0.39 is 0 Å². The van der Waals surface area contributed by atoms with Crippen molar-refractivity contribution in [3.63, 3.8) is 0 Å². The van der Waals surface area contributed by atoms with Gasteiger partial charge in [0.15, 0.2) is 0 Å². The Morgan fingerprint density at radius 2 is 1.79 bits per heavy atom. The van der Waals surface area contributed by atoms with Crippen LogP contribution in [0.2, 0.25) is 0 Å². The fraction of sp³-hybridized carbons (Fsp3) is 0.842. The van der Waals surface area contributed by atoms with E-state index >= 15 is 0 Å². The second-order valence-corrected chi connectivity index (χ2v) is 7.79. The molecule has 0 N–H and O–H groups in total. The quantitative estimate of drug-likeness (QED) is 0.798. The Labute approximate surface area is 146 Å². The van der Waals surface area contributed by atoms with Crippen LogP contribution in [0.1, 0.15) is 38.8 Å². The zero-order valence-electron chi connectivity index (χ0n) is 15.7. The summed E-state index contributed by atoms with van der Waals surface area (Å²) in [7, 11) is 2.04. The molecule has 5 heteroatoms. The lowest BCUT2D eigenvalue weighted by Crippen LogP contribution is -2.46. The molecule has 0 bridgehead atoms. The molecular formula is C19H34N4O. The third-order valence-electron chi connectivity index (χ3n) is 5.66. The van der Waals surface area contributed by atoms with Gasteiger partial charge in [-0.3, -0.25) is 9.58 Å². The number of likely N-dealkylation sites (tertiary alicyclic amines) is 1. The van der Waals surface area contributed by atoms with Gasteiger partial charge in [-0.15, -0.1) is 0 Å². The van der Waals surface area contributed by atoms with Gasteiger partial charge in [-0.05, 0) is 64.7 Å². The zero-order chi connectivity index (χ0) is 16.9. The Balaban J connectivity index is 1.32. The van der Waals surface area contributed by atoms with Gasteiger partial charge in [-0.25, -0.2) is 0 Å². The summed E-state index contributed by atoms with van der Waals surface area (Å²) in [6.45, 7) is 11.5. The molecule has 3 heterocycles. The van der Waals surface area contributed by atoms with E-state index in [-0.39, 0.29) is 0 Å². The molecule has 0 spiro atoms. The van der Waals surface area contributed by atoms with Crippen molar-refractivity contribution < 1.29 is 4.74 Å². The summed E-state index contributed by atoms with van der Waals surface area (Å²) in [5.74, 6) is 0.909. The summed E-state index contributed by atoms with van der Waals surface area (Å²) >= 11 is 0. The molecule has 2 aliphatic rings. The molecule has 24 heavy (non-hydrogen) atoms. The number of piperidine rings is 1. The van der Waals surface area contributed by atoms with Crippen LogP contribution in [0.3, 0.4) is 0 Å². The second-order valence-electron chi connectivity index (χ2n) is 7.79. The lowest BCUT2D eigenvalue weighted by Gasteiger charge is -2.37. The van der Waals surface area contributed by atoms with Crippen LogP contribution >= 0.6 is 0 Å². The summed E-state index contributed by atoms with van der Waals surface area (Å²) in [5, 5.41) is 4.26. The number of hydrogen-bond acceptors (Lipinski definition) is 4. The van der Waals surface area contributed by atoms with Gasteiger partial charge in [0, 0.05) is 45.0 Å².